The average molecular weight is 422 g/mol. The minimum absolute atomic E-state index is 0.00339. The number of non-ortho nitro benzene ring substituents is 1. The number of ketones is 1. The Kier molecular flexibility index (Phi) is 5.00. The van der Waals surface area contributed by atoms with E-state index in [9.17, 15) is 24.1 Å². The molecule has 4 rings (SSSR count). The van der Waals surface area contributed by atoms with Crippen molar-refractivity contribution in [2.75, 3.05) is 4.90 Å². The second-order valence-electron chi connectivity index (χ2n) is 9.07. The van der Waals surface area contributed by atoms with E-state index in [2.05, 4.69) is 0 Å². The summed E-state index contributed by atoms with van der Waals surface area (Å²) >= 11 is 0. The Labute approximate surface area is 179 Å². The summed E-state index contributed by atoms with van der Waals surface area (Å²) in [6, 6.07) is 10.4. The van der Waals surface area contributed by atoms with Gasteiger partial charge in [-0.1, -0.05) is 32.0 Å². The fraction of sp³-hybridized carbons (Fsp3) is 0.333. The van der Waals surface area contributed by atoms with E-state index in [0.717, 1.165) is 0 Å². The molecule has 1 heterocycles. The highest BCUT2D eigenvalue weighted by atomic mass is 19.1. The van der Waals surface area contributed by atoms with Crippen LogP contribution in [0.3, 0.4) is 0 Å². The quantitative estimate of drug-likeness (QED) is 0.503. The van der Waals surface area contributed by atoms with Gasteiger partial charge in [-0.3, -0.25) is 24.6 Å². The summed E-state index contributed by atoms with van der Waals surface area (Å²) in [4.78, 5) is 39.0. The lowest BCUT2D eigenvalue weighted by Crippen LogP contribution is -2.44. The van der Waals surface area contributed by atoms with E-state index in [4.69, 9.17) is 0 Å². The Morgan fingerprint density at radius 3 is 2.55 bits per heavy atom. The molecule has 0 radical (unpaired) electrons. The third kappa shape index (κ3) is 3.76. The van der Waals surface area contributed by atoms with Crippen LogP contribution in [0.25, 0.3) is 0 Å². The summed E-state index contributed by atoms with van der Waals surface area (Å²) in [7, 11) is 0. The molecule has 0 saturated carbocycles. The van der Waals surface area contributed by atoms with E-state index in [1.54, 1.807) is 25.1 Å². The molecular weight excluding hydrogens is 399 g/mol. The number of benzene rings is 2. The highest BCUT2D eigenvalue weighted by Gasteiger charge is 2.44. The van der Waals surface area contributed by atoms with Gasteiger partial charge in [0.2, 0.25) is 5.91 Å². The largest absolute Gasteiger partial charge is 0.294 e. The number of hydrogen-bond acceptors (Lipinski definition) is 4. The zero-order valence-electron chi connectivity index (χ0n) is 17.6. The standard InChI is InChI=1S/C24H23FN2O4/c1-14-7-8-17(27(30)31)10-19(14)26-20-12-24(2,3)13-21(28)23(20)18(11-22(26)29)15-5-4-6-16(25)9-15/h4-10,18H,11-13H2,1-3H3. The fourth-order valence-electron chi connectivity index (χ4n) is 4.66. The molecule has 6 nitrogen and oxygen atoms in total. The number of rotatable bonds is 3. The zero-order chi connectivity index (χ0) is 22.5. The molecule has 0 spiro atoms. The number of allylic oxidation sites excluding steroid dienone is 2. The van der Waals surface area contributed by atoms with Crippen molar-refractivity contribution in [3.8, 4) is 0 Å². The van der Waals surface area contributed by atoms with Crippen LogP contribution in [0.5, 0.6) is 0 Å². The highest BCUT2D eigenvalue weighted by molar-refractivity contribution is 6.08. The van der Waals surface area contributed by atoms with E-state index in [1.165, 1.54) is 29.2 Å². The van der Waals surface area contributed by atoms with Crippen molar-refractivity contribution in [3.63, 3.8) is 0 Å². The first-order chi connectivity index (χ1) is 14.6. The Morgan fingerprint density at radius 2 is 1.87 bits per heavy atom. The number of halogens is 1. The molecule has 7 heteroatoms. The van der Waals surface area contributed by atoms with Crippen molar-refractivity contribution >= 4 is 23.1 Å². The van der Waals surface area contributed by atoms with Crippen molar-refractivity contribution in [3.05, 3.63) is 80.8 Å². The molecule has 1 aliphatic heterocycles. The minimum Gasteiger partial charge on any atom is -0.294 e. The van der Waals surface area contributed by atoms with Gasteiger partial charge in [0.25, 0.3) is 5.69 Å². The monoisotopic (exact) mass is 422 g/mol. The van der Waals surface area contributed by atoms with Gasteiger partial charge in [0.15, 0.2) is 5.78 Å². The molecule has 1 unspecified atom stereocenters. The van der Waals surface area contributed by atoms with Gasteiger partial charge in [-0.2, -0.15) is 0 Å². The highest BCUT2D eigenvalue weighted by Crippen LogP contribution is 2.48. The number of hydrogen-bond donors (Lipinski definition) is 0. The number of aryl methyl sites for hydroxylation is 1. The number of nitro groups is 1. The molecule has 160 valence electrons. The van der Waals surface area contributed by atoms with E-state index in [-0.39, 0.29) is 29.2 Å². The Morgan fingerprint density at radius 1 is 1.13 bits per heavy atom. The summed E-state index contributed by atoms with van der Waals surface area (Å²) < 4.78 is 13.9. The second-order valence-corrected chi connectivity index (χ2v) is 9.07. The molecule has 1 atom stereocenters. The number of carbonyl (C=O) groups is 2. The van der Waals surface area contributed by atoms with Gasteiger partial charge in [0, 0.05) is 42.2 Å². The molecule has 2 aromatic rings. The minimum atomic E-state index is -0.531. The van der Waals surface area contributed by atoms with Gasteiger partial charge in [0.05, 0.1) is 10.6 Å². The Bertz CT molecular complexity index is 1150. The maximum Gasteiger partial charge on any atom is 0.271 e. The molecule has 0 bridgehead atoms. The van der Waals surface area contributed by atoms with E-state index < -0.39 is 16.7 Å². The van der Waals surface area contributed by atoms with Crippen molar-refractivity contribution in [2.45, 2.75) is 46.0 Å². The molecule has 0 N–H and O–H groups in total. The lowest BCUT2D eigenvalue weighted by Gasteiger charge is -2.43. The first-order valence-electron chi connectivity index (χ1n) is 10.2. The average Bonchev–Trinajstić information content (AvgIpc) is 2.67. The van der Waals surface area contributed by atoms with Crippen LogP contribution in [0.15, 0.2) is 53.7 Å². The zero-order valence-corrected chi connectivity index (χ0v) is 17.6. The van der Waals surface area contributed by atoms with E-state index in [0.29, 0.717) is 40.9 Å². The maximum absolute atomic E-state index is 13.9. The van der Waals surface area contributed by atoms with Gasteiger partial charge in [-0.05, 0) is 42.0 Å². The van der Waals surface area contributed by atoms with Crippen LogP contribution >= 0.6 is 0 Å². The van der Waals surface area contributed by atoms with Gasteiger partial charge in [0.1, 0.15) is 5.82 Å². The number of nitro benzene ring substituents is 1. The van der Waals surface area contributed by atoms with Crippen molar-refractivity contribution in [2.24, 2.45) is 5.41 Å². The Balaban J connectivity index is 1.94. The molecule has 1 amide bonds. The summed E-state index contributed by atoms with van der Waals surface area (Å²) in [5.74, 6) is -1.28. The number of anilines is 1. The summed E-state index contributed by atoms with van der Waals surface area (Å²) in [6.07, 6.45) is 0.790. The van der Waals surface area contributed by atoms with E-state index in [1.807, 2.05) is 13.8 Å². The van der Waals surface area contributed by atoms with Crippen LogP contribution in [0.1, 0.15) is 50.2 Å². The third-order valence-corrected chi connectivity index (χ3v) is 6.04. The maximum atomic E-state index is 13.9. The fourth-order valence-corrected chi connectivity index (χ4v) is 4.66. The lowest BCUT2D eigenvalue weighted by molar-refractivity contribution is -0.384. The molecule has 0 fully saturated rings. The van der Waals surface area contributed by atoms with Crippen LogP contribution in [0, 0.1) is 28.3 Å². The van der Waals surface area contributed by atoms with Crippen LogP contribution in [0.4, 0.5) is 15.8 Å². The molecule has 0 aromatic heterocycles. The van der Waals surface area contributed by atoms with Gasteiger partial charge >= 0.3 is 0 Å². The van der Waals surface area contributed by atoms with Crippen LogP contribution < -0.4 is 4.90 Å². The first kappa shape index (κ1) is 20.9. The first-order valence-corrected chi connectivity index (χ1v) is 10.2. The van der Waals surface area contributed by atoms with Crippen molar-refractivity contribution < 1.29 is 18.9 Å². The molecule has 1 aliphatic carbocycles. The second kappa shape index (κ2) is 7.41. The number of Topliss-reactive ketones (excluding diaryl/α,β-unsaturated/α-hetero) is 1. The SMILES string of the molecule is Cc1ccc([N+](=O)[O-])cc1N1C(=O)CC(c2cccc(F)c2)C2=C1CC(C)(C)CC2=O. The molecule has 0 saturated heterocycles. The topological polar surface area (TPSA) is 80.5 Å². The molecule has 2 aromatic carbocycles. The molecular formula is C24H23FN2O4. The van der Waals surface area contributed by atoms with Crippen molar-refractivity contribution in [1.82, 2.24) is 0 Å². The summed E-state index contributed by atoms with van der Waals surface area (Å²) in [6.45, 7) is 5.70. The van der Waals surface area contributed by atoms with Gasteiger partial charge in [-0.25, -0.2) is 4.39 Å². The summed E-state index contributed by atoms with van der Waals surface area (Å²) in [5.41, 5.74) is 2.28. The van der Waals surface area contributed by atoms with E-state index >= 15 is 0 Å². The number of nitrogens with zero attached hydrogens (tertiary/aromatic N) is 2. The predicted molar refractivity (Wildman–Crippen MR) is 114 cm³/mol. The van der Waals surface area contributed by atoms with Crippen molar-refractivity contribution in [1.29, 1.82) is 0 Å². The third-order valence-electron chi connectivity index (χ3n) is 6.04. The molecule has 2 aliphatic rings. The molecule has 31 heavy (non-hydrogen) atoms. The van der Waals surface area contributed by atoms with Crippen LogP contribution in [0.2, 0.25) is 0 Å². The predicted octanol–water partition coefficient (Wildman–Crippen LogP) is 5.21. The van der Waals surface area contributed by atoms with Gasteiger partial charge < -0.3 is 0 Å². The smallest absolute Gasteiger partial charge is 0.271 e. The summed E-state index contributed by atoms with van der Waals surface area (Å²) in [5, 5.41) is 11.3. The number of amides is 1. The van der Waals surface area contributed by atoms with Crippen LogP contribution in [-0.2, 0) is 9.59 Å². The van der Waals surface area contributed by atoms with Gasteiger partial charge in [-0.15, -0.1) is 0 Å². The number of carbonyl (C=O) groups excluding carboxylic acids is 2. The van der Waals surface area contributed by atoms with Crippen LogP contribution in [-0.4, -0.2) is 16.6 Å². The normalized spacial score (nSPS) is 20.6. The Hall–Kier alpha value is -3.35. The lowest BCUT2D eigenvalue weighted by atomic mass is 9.69.